The third-order valence-electron chi connectivity index (χ3n) is 8.20. The lowest BCUT2D eigenvalue weighted by molar-refractivity contribution is 0.0752. The highest BCUT2D eigenvalue weighted by atomic mass is 127. The molecule has 8 nitrogen and oxygen atoms in total. The zero-order valence-corrected chi connectivity index (χ0v) is 25.2. The van der Waals surface area contributed by atoms with Crippen LogP contribution < -0.4 is 9.64 Å². The van der Waals surface area contributed by atoms with Crippen LogP contribution in [-0.4, -0.2) is 77.3 Å². The number of aromatic hydroxyl groups is 1. The van der Waals surface area contributed by atoms with Crippen molar-refractivity contribution in [2.45, 2.75) is 51.4 Å². The Balaban J connectivity index is 1.33. The molecule has 3 aromatic rings. The van der Waals surface area contributed by atoms with Gasteiger partial charge in [-0.3, -0.25) is 4.79 Å². The Morgan fingerprint density at radius 2 is 2.05 bits per heavy atom. The highest BCUT2D eigenvalue weighted by Gasteiger charge is 2.44. The van der Waals surface area contributed by atoms with Crippen LogP contribution in [0.3, 0.4) is 0 Å². The molecule has 3 heterocycles. The number of halogens is 2. The zero-order chi connectivity index (χ0) is 28.0. The third-order valence-corrected chi connectivity index (χ3v) is 9.10. The van der Waals surface area contributed by atoms with Gasteiger partial charge in [-0.15, -0.1) is 0 Å². The molecule has 1 saturated carbocycles. The minimum absolute atomic E-state index is 0.0519. The maximum Gasteiger partial charge on any atom is 0.318 e. The number of hydrogen-bond acceptors (Lipinski definition) is 7. The number of alkyl halides is 1. The standard InChI is InChI=1S/C30H35FIN5O3/c1-35(2)17-30(9-10-30)18-40-29-33-25-16-37(15-23(25)27(34-29)36-11-4-3-7-20(31)14-36)28(39)22-13-21(38)12-19-6-5-8-24(32)26(19)22/h5-6,8,12-13,20,38H,3-4,7,9-11,14-18H2,1-2H3/t20-/m0/s1. The van der Waals surface area contributed by atoms with E-state index in [2.05, 4.69) is 41.6 Å². The summed E-state index contributed by atoms with van der Waals surface area (Å²) in [5.41, 5.74) is 2.17. The van der Waals surface area contributed by atoms with E-state index in [1.807, 2.05) is 23.1 Å². The maximum atomic E-state index is 14.7. The lowest BCUT2D eigenvalue weighted by Crippen LogP contribution is -2.32. The van der Waals surface area contributed by atoms with E-state index in [0.717, 1.165) is 57.8 Å². The Morgan fingerprint density at radius 3 is 2.83 bits per heavy atom. The molecule has 0 spiro atoms. The van der Waals surface area contributed by atoms with Crippen LogP contribution >= 0.6 is 22.6 Å². The van der Waals surface area contributed by atoms with Gasteiger partial charge in [0, 0.05) is 33.0 Å². The Bertz CT molecular complexity index is 1450. The fraction of sp³-hybridized carbons (Fsp3) is 0.500. The highest BCUT2D eigenvalue weighted by molar-refractivity contribution is 14.1. The van der Waals surface area contributed by atoms with Crippen LogP contribution in [0.25, 0.3) is 10.8 Å². The first-order chi connectivity index (χ1) is 19.2. The quantitative estimate of drug-likeness (QED) is 0.352. The summed E-state index contributed by atoms with van der Waals surface area (Å²) in [7, 11) is 4.14. The second-order valence-electron chi connectivity index (χ2n) is 11.8. The summed E-state index contributed by atoms with van der Waals surface area (Å²) in [6.07, 6.45) is 3.57. The predicted octanol–water partition coefficient (Wildman–Crippen LogP) is 5.15. The van der Waals surface area contributed by atoms with Gasteiger partial charge >= 0.3 is 6.01 Å². The fourth-order valence-corrected chi connectivity index (χ4v) is 6.90. The van der Waals surface area contributed by atoms with Gasteiger partial charge in [-0.25, -0.2) is 4.39 Å². The first kappa shape index (κ1) is 27.4. The Kier molecular flexibility index (Phi) is 7.49. The Morgan fingerprint density at radius 1 is 1.23 bits per heavy atom. The molecule has 3 aliphatic rings. The van der Waals surface area contributed by atoms with Crippen molar-refractivity contribution in [2.75, 3.05) is 45.2 Å². The number of phenols is 1. The number of phenolic OH excluding ortho intramolecular Hbond substituents is 1. The molecule has 6 rings (SSSR count). The molecule has 212 valence electrons. The van der Waals surface area contributed by atoms with E-state index in [0.29, 0.717) is 50.1 Å². The molecule has 10 heteroatoms. The molecule has 0 unspecified atom stereocenters. The largest absolute Gasteiger partial charge is 0.508 e. The van der Waals surface area contributed by atoms with Crippen molar-refractivity contribution in [3.63, 3.8) is 0 Å². The van der Waals surface area contributed by atoms with E-state index >= 15 is 0 Å². The Labute approximate surface area is 247 Å². The number of anilines is 1. The summed E-state index contributed by atoms with van der Waals surface area (Å²) in [5.74, 6) is 0.544. The summed E-state index contributed by atoms with van der Waals surface area (Å²) in [5, 5.41) is 12.0. The number of hydrogen-bond donors (Lipinski definition) is 1. The first-order valence-corrected chi connectivity index (χ1v) is 15.1. The lowest BCUT2D eigenvalue weighted by atomic mass is 10.0. The van der Waals surface area contributed by atoms with Gasteiger partial charge in [-0.05, 0) is 92.4 Å². The molecular formula is C30H35FIN5O3. The van der Waals surface area contributed by atoms with Crippen molar-refractivity contribution in [1.29, 1.82) is 0 Å². The number of amides is 1. The molecule has 40 heavy (non-hydrogen) atoms. The number of aromatic nitrogens is 2. The SMILES string of the molecule is CN(C)CC1(COc2nc3c(c(N4CCCC[C@H](F)C4)n2)CN(C(=O)c2cc(O)cc4cccc(I)c24)C3)CC1. The van der Waals surface area contributed by atoms with Crippen molar-refractivity contribution in [3.8, 4) is 11.8 Å². The van der Waals surface area contributed by atoms with Crippen LogP contribution in [0.1, 0.15) is 53.7 Å². The number of carbonyl (C=O) groups excluding carboxylic acids is 1. The molecule has 1 aliphatic carbocycles. The van der Waals surface area contributed by atoms with Crippen molar-refractivity contribution >= 4 is 45.1 Å². The van der Waals surface area contributed by atoms with E-state index in [1.165, 1.54) is 0 Å². The van der Waals surface area contributed by atoms with Gasteiger partial charge in [0.2, 0.25) is 0 Å². The fourth-order valence-electron chi connectivity index (χ4n) is 6.09. The van der Waals surface area contributed by atoms with Gasteiger partial charge in [0.15, 0.2) is 0 Å². The summed E-state index contributed by atoms with van der Waals surface area (Å²) in [6.45, 7) is 3.08. The van der Waals surface area contributed by atoms with E-state index in [-0.39, 0.29) is 23.6 Å². The van der Waals surface area contributed by atoms with Crippen LogP contribution in [-0.2, 0) is 13.1 Å². The molecule has 0 radical (unpaired) electrons. The number of ether oxygens (including phenoxy) is 1. The Hall–Kier alpha value is -2.73. The molecule has 1 amide bonds. The van der Waals surface area contributed by atoms with Gasteiger partial charge in [-0.1, -0.05) is 12.1 Å². The molecule has 1 N–H and O–H groups in total. The van der Waals surface area contributed by atoms with Crippen LogP contribution in [0, 0.1) is 8.99 Å². The van der Waals surface area contributed by atoms with Gasteiger partial charge < -0.3 is 24.5 Å². The second kappa shape index (κ2) is 10.9. The van der Waals surface area contributed by atoms with Crippen LogP contribution in [0.4, 0.5) is 10.2 Å². The first-order valence-electron chi connectivity index (χ1n) is 14.0. The topological polar surface area (TPSA) is 82.0 Å². The highest BCUT2D eigenvalue weighted by Crippen LogP contribution is 2.46. The molecule has 1 atom stereocenters. The number of fused-ring (bicyclic) bond motifs is 2. The average molecular weight is 660 g/mol. The maximum absolute atomic E-state index is 14.7. The minimum Gasteiger partial charge on any atom is -0.508 e. The average Bonchev–Trinajstić information content (AvgIpc) is 3.59. The number of rotatable bonds is 7. The monoisotopic (exact) mass is 659 g/mol. The normalized spacial score (nSPS) is 20.1. The van der Waals surface area contributed by atoms with E-state index < -0.39 is 6.17 Å². The molecule has 0 bridgehead atoms. The van der Waals surface area contributed by atoms with Gasteiger partial charge in [0.05, 0.1) is 37.5 Å². The predicted molar refractivity (Wildman–Crippen MR) is 161 cm³/mol. The lowest BCUT2D eigenvalue weighted by Gasteiger charge is -2.25. The number of nitrogens with zero attached hydrogens (tertiary/aromatic N) is 5. The van der Waals surface area contributed by atoms with Crippen molar-refractivity contribution in [3.05, 3.63) is 50.7 Å². The van der Waals surface area contributed by atoms with E-state index in [4.69, 9.17) is 14.7 Å². The molecule has 2 fully saturated rings. The summed E-state index contributed by atoms with van der Waals surface area (Å²) in [6, 6.07) is 9.28. The van der Waals surface area contributed by atoms with Crippen LogP contribution in [0.5, 0.6) is 11.8 Å². The third kappa shape index (κ3) is 5.57. The van der Waals surface area contributed by atoms with Crippen LogP contribution in [0.15, 0.2) is 30.3 Å². The van der Waals surface area contributed by atoms with Gasteiger partial charge in [-0.2, -0.15) is 9.97 Å². The van der Waals surface area contributed by atoms with Crippen molar-refractivity contribution in [2.24, 2.45) is 5.41 Å². The summed E-state index contributed by atoms with van der Waals surface area (Å²) < 4.78 is 21.9. The molecule has 1 saturated heterocycles. The van der Waals surface area contributed by atoms with E-state index in [1.54, 1.807) is 17.0 Å². The molecule has 1 aromatic heterocycles. The molecular weight excluding hydrogens is 624 g/mol. The number of carbonyl (C=O) groups is 1. The van der Waals surface area contributed by atoms with Crippen LogP contribution in [0.2, 0.25) is 0 Å². The molecule has 2 aromatic carbocycles. The summed E-state index contributed by atoms with van der Waals surface area (Å²) >= 11 is 2.23. The zero-order valence-electron chi connectivity index (χ0n) is 23.0. The summed E-state index contributed by atoms with van der Waals surface area (Å²) in [4.78, 5) is 29.5. The second-order valence-corrected chi connectivity index (χ2v) is 13.0. The number of benzene rings is 2. The van der Waals surface area contributed by atoms with E-state index in [9.17, 15) is 14.3 Å². The smallest absolute Gasteiger partial charge is 0.318 e. The minimum atomic E-state index is -0.924. The molecule has 2 aliphatic heterocycles. The van der Waals surface area contributed by atoms with Gasteiger partial charge in [0.25, 0.3) is 5.91 Å². The van der Waals surface area contributed by atoms with Crippen molar-refractivity contribution < 1.29 is 19.0 Å². The van der Waals surface area contributed by atoms with Gasteiger partial charge in [0.1, 0.15) is 17.7 Å². The van der Waals surface area contributed by atoms with Crippen molar-refractivity contribution in [1.82, 2.24) is 19.8 Å².